The molecule has 106 valence electrons. The van der Waals surface area contributed by atoms with E-state index in [-0.39, 0.29) is 11.1 Å². The third kappa shape index (κ3) is 3.37. The van der Waals surface area contributed by atoms with E-state index in [0.29, 0.717) is 11.7 Å². The molecule has 2 atom stereocenters. The zero-order valence-electron chi connectivity index (χ0n) is 12.4. The Kier molecular flexibility index (Phi) is 3.97. The normalized spacial score (nSPS) is 23.6. The molecule has 0 aliphatic heterocycles. The minimum absolute atomic E-state index is 0.0268. The first kappa shape index (κ1) is 14.1. The minimum atomic E-state index is -0.210. The lowest BCUT2D eigenvalue weighted by molar-refractivity contribution is 0.383. The monoisotopic (exact) mass is 263 g/mol. The zero-order chi connectivity index (χ0) is 14.0. The van der Waals surface area contributed by atoms with E-state index in [1.165, 1.54) is 19.3 Å². The Morgan fingerprint density at radius 3 is 2.74 bits per heavy atom. The number of anilines is 1. The van der Waals surface area contributed by atoms with Gasteiger partial charge in [0.15, 0.2) is 5.82 Å². The van der Waals surface area contributed by atoms with Gasteiger partial charge in [0, 0.05) is 24.5 Å². The number of hydrogen-bond donors (Lipinski definition) is 1. The van der Waals surface area contributed by atoms with E-state index in [4.69, 9.17) is 0 Å². The van der Waals surface area contributed by atoms with Crippen molar-refractivity contribution >= 4 is 5.82 Å². The molecule has 0 aromatic carbocycles. The molecule has 0 amide bonds. The molecule has 2 unspecified atom stereocenters. The maximum Gasteiger partial charge on any atom is 0.293 e. The van der Waals surface area contributed by atoms with Crippen LogP contribution in [0.25, 0.3) is 0 Å². The molecule has 0 bridgehead atoms. The molecule has 1 aliphatic carbocycles. The lowest BCUT2D eigenvalue weighted by atomic mass is 10.1. The Morgan fingerprint density at radius 2 is 2.16 bits per heavy atom. The topological polar surface area (TPSA) is 46.9 Å². The Balaban J connectivity index is 2.07. The molecule has 1 aliphatic rings. The fraction of sp³-hybridized carbons (Fsp3) is 0.733. The first-order chi connectivity index (χ1) is 8.88. The van der Waals surface area contributed by atoms with E-state index < -0.39 is 0 Å². The Morgan fingerprint density at radius 1 is 1.42 bits per heavy atom. The average Bonchev–Trinajstić information content (AvgIpc) is 2.72. The average molecular weight is 263 g/mol. The van der Waals surface area contributed by atoms with Gasteiger partial charge in [-0.2, -0.15) is 0 Å². The van der Waals surface area contributed by atoms with E-state index in [9.17, 15) is 4.79 Å². The first-order valence-electron chi connectivity index (χ1n) is 7.20. The molecular formula is C15H25N3O. The lowest BCUT2D eigenvalue weighted by Crippen LogP contribution is -2.35. The van der Waals surface area contributed by atoms with Gasteiger partial charge >= 0.3 is 0 Å². The Labute approximate surface area is 115 Å². The Hall–Kier alpha value is -1.32. The van der Waals surface area contributed by atoms with Crippen molar-refractivity contribution in [1.29, 1.82) is 0 Å². The molecule has 4 nitrogen and oxygen atoms in total. The van der Waals surface area contributed by atoms with Crippen LogP contribution in [0.3, 0.4) is 0 Å². The fourth-order valence-electron chi connectivity index (χ4n) is 2.81. The summed E-state index contributed by atoms with van der Waals surface area (Å²) in [7, 11) is 0. The molecule has 2 rings (SSSR count). The Bertz CT molecular complexity index is 487. The summed E-state index contributed by atoms with van der Waals surface area (Å²) in [5.74, 6) is 1.98. The third-order valence-electron chi connectivity index (χ3n) is 3.93. The molecule has 0 spiro atoms. The number of rotatable bonds is 3. The van der Waals surface area contributed by atoms with Gasteiger partial charge in [0.1, 0.15) is 0 Å². The second kappa shape index (κ2) is 5.35. The van der Waals surface area contributed by atoms with Crippen LogP contribution < -0.4 is 10.9 Å². The first-order valence-corrected chi connectivity index (χ1v) is 7.20. The van der Waals surface area contributed by atoms with Crippen molar-refractivity contribution in [3.05, 3.63) is 22.7 Å². The maximum absolute atomic E-state index is 12.3. The highest BCUT2D eigenvalue weighted by atomic mass is 16.1. The molecule has 1 fully saturated rings. The summed E-state index contributed by atoms with van der Waals surface area (Å²) >= 11 is 0. The van der Waals surface area contributed by atoms with E-state index in [1.807, 2.05) is 20.8 Å². The van der Waals surface area contributed by atoms with Gasteiger partial charge in [-0.15, -0.1) is 0 Å². The smallest absolute Gasteiger partial charge is 0.293 e. The highest BCUT2D eigenvalue weighted by molar-refractivity contribution is 5.31. The van der Waals surface area contributed by atoms with Crippen molar-refractivity contribution in [3.8, 4) is 0 Å². The van der Waals surface area contributed by atoms with Gasteiger partial charge in [-0.25, -0.2) is 4.98 Å². The summed E-state index contributed by atoms with van der Waals surface area (Å²) in [5, 5.41) is 3.24. The van der Waals surface area contributed by atoms with Crippen LogP contribution in [0, 0.1) is 11.8 Å². The minimum Gasteiger partial charge on any atom is -0.365 e. The highest BCUT2D eigenvalue weighted by Gasteiger charge is 2.22. The predicted molar refractivity (Wildman–Crippen MR) is 78.5 cm³/mol. The van der Waals surface area contributed by atoms with Gasteiger partial charge in [-0.05, 0) is 45.4 Å². The summed E-state index contributed by atoms with van der Waals surface area (Å²) in [5.41, 5.74) is -0.237. The summed E-state index contributed by atoms with van der Waals surface area (Å²) in [6.45, 7) is 9.23. The lowest BCUT2D eigenvalue weighted by Gasteiger charge is -2.22. The second-order valence-electron chi connectivity index (χ2n) is 6.79. The molecule has 4 heteroatoms. The van der Waals surface area contributed by atoms with Crippen molar-refractivity contribution in [2.24, 2.45) is 11.8 Å². The maximum atomic E-state index is 12.3. The predicted octanol–water partition coefficient (Wildman–Crippen LogP) is 2.85. The second-order valence-corrected chi connectivity index (χ2v) is 6.79. The van der Waals surface area contributed by atoms with Gasteiger partial charge in [0.25, 0.3) is 5.56 Å². The van der Waals surface area contributed by atoms with Gasteiger partial charge in [-0.1, -0.05) is 13.3 Å². The number of nitrogens with zero attached hydrogens (tertiary/aromatic N) is 2. The quantitative estimate of drug-likeness (QED) is 0.912. The SMILES string of the molecule is CC1CCC(CNc2nccn(C(C)(C)C)c2=O)C1. The van der Waals surface area contributed by atoms with Crippen LogP contribution in [0.2, 0.25) is 0 Å². The summed E-state index contributed by atoms with van der Waals surface area (Å²) in [6, 6.07) is 0. The third-order valence-corrected chi connectivity index (χ3v) is 3.93. The summed E-state index contributed by atoms with van der Waals surface area (Å²) in [4.78, 5) is 16.5. The van der Waals surface area contributed by atoms with Crippen molar-refractivity contribution in [2.45, 2.75) is 52.5 Å². The van der Waals surface area contributed by atoms with Crippen LogP contribution in [-0.4, -0.2) is 16.1 Å². The van der Waals surface area contributed by atoms with Crippen molar-refractivity contribution in [3.63, 3.8) is 0 Å². The van der Waals surface area contributed by atoms with Gasteiger partial charge in [0.05, 0.1) is 0 Å². The summed E-state index contributed by atoms with van der Waals surface area (Å²) in [6.07, 6.45) is 7.28. The molecular weight excluding hydrogens is 238 g/mol. The van der Waals surface area contributed by atoms with Crippen molar-refractivity contribution < 1.29 is 0 Å². The molecule has 1 saturated carbocycles. The van der Waals surface area contributed by atoms with Crippen LogP contribution in [0.5, 0.6) is 0 Å². The van der Waals surface area contributed by atoms with Crippen LogP contribution in [0.4, 0.5) is 5.82 Å². The van der Waals surface area contributed by atoms with E-state index in [2.05, 4.69) is 17.2 Å². The van der Waals surface area contributed by atoms with Crippen molar-refractivity contribution in [2.75, 3.05) is 11.9 Å². The molecule has 1 heterocycles. The van der Waals surface area contributed by atoms with Crippen LogP contribution in [0.1, 0.15) is 47.0 Å². The van der Waals surface area contributed by atoms with E-state index in [0.717, 1.165) is 12.5 Å². The molecule has 1 N–H and O–H groups in total. The molecule has 1 aromatic rings. The van der Waals surface area contributed by atoms with Crippen molar-refractivity contribution in [1.82, 2.24) is 9.55 Å². The van der Waals surface area contributed by atoms with Gasteiger partial charge in [0.2, 0.25) is 0 Å². The standard InChI is InChI=1S/C15H25N3O/c1-11-5-6-12(9-11)10-17-13-14(19)18(8-7-16-13)15(2,3)4/h7-8,11-12H,5-6,9-10H2,1-4H3,(H,16,17). The molecule has 0 radical (unpaired) electrons. The molecule has 19 heavy (non-hydrogen) atoms. The number of hydrogen-bond acceptors (Lipinski definition) is 3. The van der Waals surface area contributed by atoms with Gasteiger partial charge in [-0.3, -0.25) is 4.79 Å². The fourth-order valence-corrected chi connectivity index (χ4v) is 2.81. The van der Waals surface area contributed by atoms with Crippen LogP contribution >= 0.6 is 0 Å². The largest absolute Gasteiger partial charge is 0.365 e. The van der Waals surface area contributed by atoms with Crippen LogP contribution in [0.15, 0.2) is 17.2 Å². The van der Waals surface area contributed by atoms with Crippen LogP contribution in [-0.2, 0) is 5.54 Å². The molecule has 1 aromatic heterocycles. The number of nitrogens with one attached hydrogen (secondary N) is 1. The number of aromatic nitrogens is 2. The van der Waals surface area contributed by atoms with E-state index >= 15 is 0 Å². The van der Waals surface area contributed by atoms with Gasteiger partial charge < -0.3 is 9.88 Å². The summed E-state index contributed by atoms with van der Waals surface area (Å²) < 4.78 is 1.74. The highest BCUT2D eigenvalue weighted by Crippen LogP contribution is 2.30. The zero-order valence-corrected chi connectivity index (χ0v) is 12.4. The van der Waals surface area contributed by atoms with E-state index in [1.54, 1.807) is 17.0 Å². The molecule has 0 saturated heterocycles.